The van der Waals surface area contributed by atoms with Gasteiger partial charge in [-0.05, 0) is 45.0 Å². The molecule has 8 nitrogen and oxygen atoms in total. The predicted octanol–water partition coefficient (Wildman–Crippen LogP) is 2.85. The molecule has 4 rings (SSSR count). The number of hydrogen-bond donors (Lipinski definition) is 1. The van der Waals surface area contributed by atoms with Gasteiger partial charge in [0.05, 0.1) is 12.4 Å². The molecule has 2 aliphatic rings. The van der Waals surface area contributed by atoms with E-state index in [9.17, 15) is 4.79 Å². The van der Waals surface area contributed by atoms with Crippen LogP contribution in [-0.4, -0.2) is 68.1 Å². The van der Waals surface area contributed by atoms with Gasteiger partial charge in [-0.25, -0.2) is 15.0 Å². The summed E-state index contributed by atoms with van der Waals surface area (Å²) in [5, 5.41) is 2.84. The van der Waals surface area contributed by atoms with Gasteiger partial charge in [0.1, 0.15) is 12.6 Å². The Morgan fingerprint density at radius 1 is 1.28 bits per heavy atom. The molecule has 2 aliphatic heterocycles. The second-order valence-electron chi connectivity index (χ2n) is 7.54. The monoisotopic (exact) mass is 416 g/mol. The van der Waals surface area contributed by atoms with Gasteiger partial charge in [0.2, 0.25) is 5.91 Å². The summed E-state index contributed by atoms with van der Waals surface area (Å²) >= 11 is 1.79. The summed E-state index contributed by atoms with van der Waals surface area (Å²) in [4.78, 5) is 27.7. The molecule has 0 saturated carbocycles. The first-order chi connectivity index (χ1) is 14.2. The van der Waals surface area contributed by atoms with Crippen LogP contribution in [0.2, 0.25) is 0 Å². The van der Waals surface area contributed by atoms with Crippen molar-refractivity contribution in [1.29, 1.82) is 0 Å². The fraction of sp³-hybridized carbons (Fsp3) is 0.600. The summed E-state index contributed by atoms with van der Waals surface area (Å²) in [7, 11) is 0. The van der Waals surface area contributed by atoms with E-state index < -0.39 is 0 Å². The van der Waals surface area contributed by atoms with Crippen molar-refractivity contribution in [2.75, 3.05) is 37.0 Å². The Morgan fingerprint density at radius 3 is 2.97 bits per heavy atom. The van der Waals surface area contributed by atoms with Crippen LogP contribution in [-0.2, 0) is 9.53 Å². The lowest BCUT2D eigenvalue weighted by atomic mass is 10.1. The summed E-state index contributed by atoms with van der Waals surface area (Å²) in [5.41, 5.74) is 1.27. The lowest BCUT2D eigenvalue weighted by molar-refractivity contribution is -0.111. The minimum Gasteiger partial charge on any atom is -0.354 e. The van der Waals surface area contributed by atoms with Gasteiger partial charge in [-0.1, -0.05) is 12.5 Å². The van der Waals surface area contributed by atoms with Crippen LogP contribution in [0.25, 0.3) is 11.2 Å². The molecule has 2 fully saturated rings. The Bertz CT molecular complexity index is 864. The van der Waals surface area contributed by atoms with Gasteiger partial charge >= 0.3 is 0 Å². The molecule has 2 aromatic heterocycles. The van der Waals surface area contributed by atoms with Crippen molar-refractivity contribution in [3.05, 3.63) is 24.8 Å². The SMILES string of the molecule is CSCC1CCC(n2cnc3c(NC(=O)/C=C/CN4CCCCC4)ncnc32)O1. The number of carbonyl (C=O) groups is 1. The molecule has 29 heavy (non-hydrogen) atoms. The smallest absolute Gasteiger partial charge is 0.249 e. The quantitative estimate of drug-likeness (QED) is 0.695. The topological polar surface area (TPSA) is 85.2 Å². The molecule has 0 aliphatic carbocycles. The van der Waals surface area contributed by atoms with Crippen LogP contribution < -0.4 is 5.32 Å². The van der Waals surface area contributed by atoms with Crippen LogP contribution in [0.15, 0.2) is 24.8 Å². The van der Waals surface area contributed by atoms with Crippen molar-refractivity contribution in [2.45, 2.75) is 44.4 Å². The number of anilines is 1. The van der Waals surface area contributed by atoms with E-state index in [1.54, 1.807) is 24.2 Å². The molecule has 1 amide bonds. The Hall–Kier alpha value is -1.97. The number of likely N-dealkylation sites (tertiary alicyclic amines) is 1. The first-order valence-electron chi connectivity index (χ1n) is 10.3. The number of imidazole rings is 1. The summed E-state index contributed by atoms with van der Waals surface area (Å²) in [6, 6.07) is 0. The zero-order valence-corrected chi connectivity index (χ0v) is 17.6. The second-order valence-corrected chi connectivity index (χ2v) is 8.46. The van der Waals surface area contributed by atoms with Gasteiger partial charge in [-0.3, -0.25) is 14.3 Å². The molecule has 0 bridgehead atoms. The number of hydrogen-bond acceptors (Lipinski definition) is 7. The van der Waals surface area contributed by atoms with Crippen molar-refractivity contribution in [1.82, 2.24) is 24.4 Å². The molecule has 0 radical (unpaired) electrons. The molecular weight excluding hydrogens is 388 g/mol. The molecule has 2 atom stereocenters. The number of amides is 1. The molecular formula is C20H28N6O2S. The predicted molar refractivity (Wildman–Crippen MR) is 115 cm³/mol. The van der Waals surface area contributed by atoms with Crippen LogP contribution in [0.1, 0.15) is 38.3 Å². The van der Waals surface area contributed by atoms with E-state index >= 15 is 0 Å². The number of nitrogens with one attached hydrogen (secondary N) is 1. The number of piperidine rings is 1. The number of fused-ring (bicyclic) bond motifs is 1. The van der Waals surface area contributed by atoms with Gasteiger partial charge in [-0.15, -0.1) is 0 Å². The summed E-state index contributed by atoms with van der Waals surface area (Å²) in [5.74, 6) is 1.22. The van der Waals surface area contributed by atoms with E-state index in [-0.39, 0.29) is 18.2 Å². The van der Waals surface area contributed by atoms with E-state index in [0.717, 1.165) is 38.2 Å². The Labute approximate surface area is 175 Å². The number of aromatic nitrogens is 4. The largest absolute Gasteiger partial charge is 0.354 e. The van der Waals surface area contributed by atoms with Crippen molar-refractivity contribution in [3.8, 4) is 0 Å². The second kappa shape index (κ2) is 9.69. The molecule has 0 spiro atoms. The first-order valence-corrected chi connectivity index (χ1v) is 11.7. The number of nitrogens with zero attached hydrogens (tertiary/aromatic N) is 5. The molecule has 1 N–H and O–H groups in total. The average molecular weight is 417 g/mol. The van der Waals surface area contributed by atoms with E-state index in [1.165, 1.54) is 25.6 Å². The van der Waals surface area contributed by atoms with Crippen LogP contribution in [0.4, 0.5) is 5.82 Å². The lowest BCUT2D eigenvalue weighted by Gasteiger charge is -2.24. The maximum absolute atomic E-state index is 12.3. The third-order valence-corrected chi connectivity index (χ3v) is 6.13. The van der Waals surface area contributed by atoms with E-state index in [1.807, 2.05) is 10.6 Å². The number of ether oxygens (including phenoxy) is 1. The van der Waals surface area contributed by atoms with Crippen LogP contribution in [0.3, 0.4) is 0 Å². The van der Waals surface area contributed by atoms with Gasteiger partial charge in [0, 0.05) is 18.4 Å². The highest BCUT2D eigenvalue weighted by atomic mass is 32.2. The van der Waals surface area contributed by atoms with Crippen molar-refractivity contribution < 1.29 is 9.53 Å². The summed E-state index contributed by atoms with van der Waals surface area (Å²) in [6.07, 6.45) is 14.7. The number of thioether (sulfide) groups is 1. The Balaban J connectivity index is 1.40. The third-order valence-electron chi connectivity index (χ3n) is 5.43. The minimum absolute atomic E-state index is 0.0694. The van der Waals surface area contributed by atoms with E-state index in [4.69, 9.17) is 4.74 Å². The highest BCUT2D eigenvalue weighted by Gasteiger charge is 2.28. The highest BCUT2D eigenvalue weighted by molar-refractivity contribution is 7.98. The molecule has 156 valence electrons. The highest BCUT2D eigenvalue weighted by Crippen LogP contribution is 2.32. The van der Waals surface area contributed by atoms with Gasteiger partial charge < -0.3 is 10.1 Å². The van der Waals surface area contributed by atoms with E-state index in [0.29, 0.717) is 17.0 Å². The van der Waals surface area contributed by atoms with E-state index in [2.05, 4.69) is 31.4 Å². The first kappa shape index (κ1) is 20.3. The molecule has 0 aromatic carbocycles. The molecule has 2 aromatic rings. The minimum atomic E-state index is -0.200. The zero-order chi connectivity index (χ0) is 20.1. The van der Waals surface area contributed by atoms with Crippen molar-refractivity contribution >= 4 is 34.7 Å². The molecule has 2 saturated heterocycles. The number of carbonyl (C=O) groups excluding carboxylic acids is 1. The van der Waals surface area contributed by atoms with Crippen molar-refractivity contribution in [3.63, 3.8) is 0 Å². The van der Waals surface area contributed by atoms with Gasteiger partial charge in [0.25, 0.3) is 0 Å². The lowest BCUT2D eigenvalue weighted by Crippen LogP contribution is -2.29. The molecule has 4 heterocycles. The third kappa shape index (κ3) is 4.96. The summed E-state index contributed by atoms with van der Waals surface area (Å²) < 4.78 is 8.07. The average Bonchev–Trinajstić information content (AvgIpc) is 3.36. The summed E-state index contributed by atoms with van der Waals surface area (Å²) in [6.45, 7) is 3.02. The maximum atomic E-state index is 12.3. The van der Waals surface area contributed by atoms with Crippen LogP contribution >= 0.6 is 11.8 Å². The van der Waals surface area contributed by atoms with Crippen LogP contribution in [0.5, 0.6) is 0 Å². The number of rotatable bonds is 7. The molecule has 2 unspecified atom stereocenters. The molecule has 9 heteroatoms. The van der Waals surface area contributed by atoms with Crippen LogP contribution in [0, 0.1) is 0 Å². The normalized spacial score (nSPS) is 23.2. The maximum Gasteiger partial charge on any atom is 0.249 e. The van der Waals surface area contributed by atoms with Gasteiger partial charge in [-0.2, -0.15) is 11.8 Å². The van der Waals surface area contributed by atoms with Crippen molar-refractivity contribution in [2.24, 2.45) is 0 Å². The standard InChI is InChI=1S/C20H28N6O2S/c1-29-12-15-7-8-17(28-15)26-14-23-18-19(21-13-22-20(18)26)24-16(27)6-5-11-25-9-3-2-4-10-25/h5-6,13-15,17H,2-4,7-12H2,1H3,(H,21,22,24,27)/b6-5+. The Morgan fingerprint density at radius 2 is 2.14 bits per heavy atom. The van der Waals surface area contributed by atoms with Gasteiger partial charge in [0.15, 0.2) is 17.0 Å². The fourth-order valence-corrected chi connectivity index (χ4v) is 4.58. The fourth-order valence-electron chi connectivity index (χ4n) is 3.96. The zero-order valence-electron chi connectivity index (χ0n) is 16.8. The Kier molecular flexibility index (Phi) is 6.78.